The molecule has 0 N–H and O–H groups in total. The highest BCUT2D eigenvalue weighted by Crippen LogP contribution is 2.30. The molecule has 12 rings (SSSR count). The van der Waals surface area contributed by atoms with Crippen LogP contribution in [0.4, 0.5) is 0 Å². The van der Waals surface area contributed by atoms with Crippen molar-refractivity contribution in [3.05, 3.63) is 312 Å². The van der Waals surface area contributed by atoms with Crippen molar-refractivity contribution in [1.82, 2.24) is 0 Å². The van der Waals surface area contributed by atoms with E-state index in [-0.39, 0.29) is 6.42 Å². The average molecular weight is 1190 g/mol. The third-order valence-corrected chi connectivity index (χ3v) is 16.6. The highest BCUT2D eigenvalue weighted by molar-refractivity contribution is 5.71. The molecular weight excluding hydrogens is 1090 g/mol. The lowest BCUT2D eigenvalue weighted by Crippen LogP contribution is -2.30. The van der Waals surface area contributed by atoms with Gasteiger partial charge in [-0.05, 0) is 169 Å². The molecule has 0 aliphatic carbocycles. The maximum absolute atomic E-state index is 8.32. The summed E-state index contributed by atoms with van der Waals surface area (Å²) in [5, 5.41) is 0. The van der Waals surface area contributed by atoms with Crippen LogP contribution < -0.4 is 18.3 Å². The van der Waals surface area contributed by atoms with Gasteiger partial charge in [0, 0.05) is 79.7 Å². The Hall–Kier alpha value is -9.64. The Bertz CT molecular complexity index is 4750. The molecule has 4 heterocycles. The minimum absolute atomic E-state index is 0.185. The zero-order valence-electron chi connectivity index (χ0n) is 62.6. The first-order valence-corrected chi connectivity index (χ1v) is 31.1. The van der Waals surface area contributed by atoms with Gasteiger partial charge in [-0.15, -0.1) is 0 Å². The van der Waals surface area contributed by atoms with Crippen LogP contribution in [0, 0.1) is 40.5 Å². The van der Waals surface area contributed by atoms with Gasteiger partial charge < -0.3 is 0 Å². The van der Waals surface area contributed by atoms with E-state index in [9.17, 15) is 0 Å². The minimum Gasteiger partial charge on any atom is -0.200 e. The molecule has 12 aromatic rings. The number of benzene rings is 8. The summed E-state index contributed by atoms with van der Waals surface area (Å²) < 4.78 is 70.9. The predicted octanol–water partition coefficient (Wildman–Crippen LogP) is 19.8. The molecule has 4 heteroatoms. The molecule has 0 fully saturated rings. The lowest BCUT2D eigenvalue weighted by Gasteiger charge is -2.09. The molecule has 0 aliphatic heterocycles. The third kappa shape index (κ3) is 16.5. The van der Waals surface area contributed by atoms with Crippen LogP contribution in [0.2, 0.25) is 0 Å². The fraction of sp³-hybridized carbons (Fsp3) is 0.209. The maximum atomic E-state index is 8.32. The molecule has 90 heavy (non-hydrogen) atoms. The Kier molecular flexibility index (Phi) is 18.5. The number of aryl methyl sites for hydroxylation is 10. The van der Waals surface area contributed by atoms with E-state index in [0.717, 1.165) is 45.6 Å². The Balaban J connectivity index is 0.000000154. The van der Waals surface area contributed by atoms with Crippen molar-refractivity contribution in [2.45, 2.75) is 87.8 Å². The first-order chi connectivity index (χ1) is 46.5. The van der Waals surface area contributed by atoms with Gasteiger partial charge in [0.05, 0.1) is 0 Å². The van der Waals surface area contributed by atoms with Crippen LogP contribution in [0.25, 0.3) is 89.5 Å². The number of aromatic nitrogens is 4. The summed E-state index contributed by atoms with van der Waals surface area (Å²) in [5.41, 5.74) is 27.8. The van der Waals surface area contributed by atoms with Crippen LogP contribution in [0.15, 0.2) is 267 Å². The molecule has 4 nitrogen and oxygen atoms in total. The van der Waals surface area contributed by atoms with Crippen LogP contribution in [0.3, 0.4) is 0 Å². The number of nitrogens with zero attached hydrogens (tertiary/aromatic N) is 4. The van der Waals surface area contributed by atoms with E-state index < -0.39 is 25.5 Å². The van der Waals surface area contributed by atoms with Crippen LogP contribution in [-0.2, 0) is 41.0 Å². The second kappa shape index (κ2) is 30.5. The van der Waals surface area contributed by atoms with Gasteiger partial charge in [0.1, 0.15) is 28.2 Å². The van der Waals surface area contributed by atoms with E-state index in [1.807, 2.05) is 93.1 Å². The van der Waals surface area contributed by atoms with E-state index in [1.165, 1.54) is 103 Å². The Morgan fingerprint density at radius 1 is 0.333 bits per heavy atom. The topological polar surface area (TPSA) is 15.5 Å². The van der Waals surface area contributed by atoms with Crippen molar-refractivity contribution in [3.63, 3.8) is 0 Å². The molecule has 0 spiro atoms. The van der Waals surface area contributed by atoms with Gasteiger partial charge in [-0.3, -0.25) is 0 Å². The summed E-state index contributed by atoms with van der Waals surface area (Å²) in [4.78, 5) is 0. The van der Waals surface area contributed by atoms with Crippen molar-refractivity contribution < 1.29 is 29.2 Å². The molecule has 2 atom stereocenters. The minimum atomic E-state index is -2.38. The normalized spacial score (nSPS) is 13.7. The quantitative estimate of drug-likeness (QED) is 0.108. The first kappa shape index (κ1) is 54.5. The second-order valence-electron chi connectivity index (χ2n) is 23.7. The van der Waals surface area contributed by atoms with Crippen molar-refractivity contribution in [2.24, 2.45) is 34.1 Å². The zero-order valence-corrected chi connectivity index (χ0v) is 54.6. The number of hydrogen-bond donors (Lipinski definition) is 0. The number of hydrogen-bond acceptors (Lipinski definition) is 0. The summed E-state index contributed by atoms with van der Waals surface area (Å²) >= 11 is 0. The molecule has 4 aromatic heterocycles. The SMILES string of the molecule is CCc1cccc(-c2ccc(-c3ccccc3C)[n+](C)c2)c1.Cc1cccc(-c2ccc(-c3ccccc3C)[n+](C)c2)c1.[2H]C([2H])([2H])C([2H])(C)Cc1cccc(-c2ccc(-c3ccccc3C)[n+](C)c2)c1.[2H]C([2H])([2H])C([2H])(C)c1cccc(-c2ccc(-c3ccccc3C)[n+](C)c2)c1. The average Bonchev–Trinajstić information content (AvgIpc) is 0.797. The Labute approximate surface area is 550 Å². The maximum Gasteiger partial charge on any atom is 0.212 e. The van der Waals surface area contributed by atoms with Crippen molar-refractivity contribution in [1.29, 1.82) is 0 Å². The molecule has 0 saturated heterocycles. The molecule has 452 valence electrons. The molecule has 0 aliphatic rings. The fourth-order valence-corrected chi connectivity index (χ4v) is 11.6. The molecule has 2 unspecified atom stereocenters. The van der Waals surface area contributed by atoms with E-state index in [0.29, 0.717) is 5.56 Å². The second-order valence-corrected chi connectivity index (χ2v) is 23.7. The van der Waals surface area contributed by atoms with Gasteiger partial charge in [-0.25, -0.2) is 18.3 Å². The van der Waals surface area contributed by atoms with Crippen LogP contribution in [0.1, 0.15) is 95.8 Å². The van der Waals surface area contributed by atoms with Gasteiger partial charge in [-0.2, -0.15) is 0 Å². The predicted molar refractivity (Wildman–Crippen MR) is 380 cm³/mol. The monoisotopic (exact) mass is 1190 g/mol. The largest absolute Gasteiger partial charge is 0.212 e. The van der Waals surface area contributed by atoms with E-state index >= 15 is 0 Å². The molecular formula is C86H92N4+4. The van der Waals surface area contributed by atoms with Gasteiger partial charge in [-0.1, -0.05) is 210 Å². The summed E-state index contributed by atoms with van der Waals surface area (Å²) in [6.45, 7) is 11.1. The highest BCUT2D eigenvalue weighted by Gasteiger charge is 2.18. The van der Waals surface area contributed by atoms with Gasteiger partial charge >= 0.3 is 0 Å². The number of pyridine rings is 4. The van der Waals surface area contributed by atoms with E-state index in [1.54, 1.807) is 6.07 Å². The lowest BCUT2D eigenvalue weighted by atomic mass is 9.97. The van der Waals surface area contributed by atoms with Gasteiger partial charge in [0.2, 0.25) is 22.8 Å². The zero-order chi connectivity index (χ0) is 70.7. The first-order valence-electron chi connectivity index (χ1n) is 35.1. The molecule has 0 radical (unpaired) electrons. The van der Waals surface area contributed by atoms with Crippen molar-refractivity contribution in [3.8, 4) is 89.5 Å². The van der Waals surface area contributed by atoms with Gasteiger partial charge in [0.25, 0.3) is 0 Å². The van der Waals surface area contributed by atoms with Crippen molar-refractivity contribution >= 4 is 0 Å². The molecule has 0 saturated carbocycles. The fourth-order valence-electron chi connectivity index (χ4n) is 11.6. The van der Waals surface area contributed by atoms with E-state index in [2.05, 4.69) is 256 Å². The Morgan fingerprint density at radius 2 is 0.667 bits per heavy atom. The van der Waals surface area contributed by atoms with Crippen molar-refractivity contribution in [2.75, 3.05) is 0 Å². The Morgan fingerprint density at radius 3 is 1.01 bits per heavy atom. The third-order valence-electron chi connectivity index (χ3n) is 16.6. The number of rotatable bonds is 12. The summed E-state index contributed by atoms with van der Waals surface area (Å²) in [7, 11) is 8.27. The smallest absolute Gasteiger partial charge is 0.200 e. The summed E-state index contributed by atoms with van der Waals surface area (Å²) in [5.74, 6) is -3.16. The van der Waals surface area contributed by atoms with Crippen LogP contribution in [-0.4, -0.2) is 0 Å². The van der Waals surface area contributed by atoms with Gasteiger partial charge in [0.15, 0.2) is 24.8 Å². The highest BCUT2D eigenvalue weighted by atomic mass is 14.9. The molecule has 0 bridgehead atoms. The standard InChI is InChI=1S/C23H26N.C22H24N.C21H22N.C20H20N/c1-17(2)14-19-9-7-10-20(15-19)21-12-13-23(24(4)16-21)22-11-6-5-8-18(22)3;1-16(2)18-9-7-10-19(14-18)20-12-13-22(23(4)15-20)21-11-6-5-8-17(21)3;1-4-17-9-7-10-18(14-17)19-12-13-21(22(3)15-19)20-11-6-5-8-16(20)2;1-15-7-6-9-17(13-15)18-11-12-20(21(3)14-18)19-10-5-4-8-16(19)2/h5-13,15-17H,14H2,1-4H3;5-16H,1-4H3;5-15H,4H2,1-3H3;4-14H,1-3H3/q4*+1/i1D3,17D;1D3,16D;;. The lowest BCUT2D eigenvalue weighted by molar-refractivity contribution is -0.660. The molecule has 0 amide bonds. The van der Waals surface area contributed by atoms with Crippen LogP contribution >= 0.6 is 0 Å². The summed E-state index contributed by atoms with van der Waals surface area (Å²) in [6.07, 6.45) is 9.81. The molecule has 8 aromatic carbocycles. The van der Waals surface area contributed by atoms with Crippen LogP contribution in [0.5, 0.6) is 0 Å². The summed E-state index contributed by atoms with van der Waals surface area (Å²) in [6, 6.07) is 83.3. The van der Waals surface area contributed by atoms with E-state index in [4.69, 9.17) is 11.0 Å².